The van der Waals surface area contributed by atoms with Gasteiger partial charge in [0.05, 0.1) is 4.88 Å². The Balaban J connectivity index is 3.07. The average Bonchev–Trinajstić information content (AvgIpc) is 2.71. The Morgan fingerprint density at radius 2 is 1.90 bits per heavy atom. The lowest BCUT2D eigenvalue weighted by Gasteiger charge is -2.20. The molecule has 0 saturated carbocycles. The lowest BCUT2D eigenvalue weighted by atomic mass is 10.1. The molecule has 116 valence electrons. The zero-order valence-electron chi connectivity index (χ0n) is 12.4. The summed E-state index contributed by atoms with van der Waals surface area (Å²) in [7, 11) is 1.48. The van der Waals surface area contributed by atoms with Crippen LogP contribution in [0.25, 0.3) is 0 Å². The van der Waals surface area contributed by atoms with Gasteiger partial charge in [-0.25, -0.2) is 4.98 Å². The molecule has 7 heteroatoms. The predicted molar refractivity (Wildman–Crippen MR) is 73.7 cm³/mol. The van der Waals surface area contributed by atoms with Crippen LogP contribution in [0, 0.1) is 0 Å². The van der Waals surface area contributed by atoms with Crippen molar-refractivity contribution in [2.45, 2.75) is 58.5 Å². The summed E-state index contributed by atoms with van der Waals surface area (Å²) in [5.74, 6) is 0. The molecule has 0 fully saturated rings. The fourth-order valence-corrected chi connectivity index (χ4v) is 2.82. The zero-order chi connectivity index (χ0) is 15.6. The van der Waals surface area contributed by atoms with Crippen LogP contribution in [0.3, 0.4) is 0 Å². The number of halogens is 3. The third-order valence-corrected chi connectivity index (χ3v) is 3.84. The van der Waals surface area contributed by atoms with Gasteiger partial charge < -0.3 is 10.1 Å². The molecule has 3 nitrogen and oxygen atoms in total. The van der Waals surface area contributed by atoms with Crippen LogP contribution in [0.1, 0.15) is 55.8 Å². The van der Waals surface area contributed by atoms with Gasteiger partial charge in [0, 0.05) is 19.2 Å². The minimum Gasteiger partial charge on any atom is -0.374 e. The van der Waals surface area contributed by atoms with Gasteiger partial charge in [0.1, 0.15) is 11.1 Å². The number of aromatic nitrogens is 1. The van der Waals surface area contributed by atoms with E-state index < -0.39 is 11.9 Å². The fourth-order valence-electron chi connectivity index (χ4n) is 1.64. The highest BCUT2D eigenvalue weighted by Crippen LogP contribution is 2.37. The van der Waals surface area contributed by atoms with Crippen LogP contribution in [-0.4, -0.2) is 17.6 Å². The van der Waals surface area contributed by atoms with Crippen LogP contribution in [0.2, 0.25) is 0 Å². The maximum Gasteiger partial charge on any atom is 0.434 e. The van der Waals surface area contributed by atoms with Gasteiger partial charge >= 0.3 is 6.18 Å². The van der Waals surface area contributed by atoms with Crippen LogP contribution >= 0.6 is 11.3 Å². The van der Waals surface area contributed by atoms with Crippen molar-refractivity contribution < 1.29 is 17.9 Å². The predicted octanol–water partition coefficient (Wildman–Crippen LogP) is 4.15. The highest BCUT2D eigenvalue weighted by atomic mass is 32.1. The summed E-state index contributed by atoms with van der Waals surface area (Å²) >= 11 is 1.07. The Kier molecular flexibility index (Phi) is 5.57. The van der Waals surface area contributed by atoms with Crippen molar-refractivity contribution in [1.82, 2.24) is 10.3 Å². The summed E-state index contributed by atoms with van der Waals surface area (Å²) in [6, 6.07) is 0. The Morgan fingerprint density at radius 1 is 1.30 bits per heavy atom. The van der Waals surface area contributed by atoms with Crippen molar-refractivity contribution in [2.24, 2.45) is 0 Å². The summed E-state index contributed by atoms with van der Waals surface area (Å²) < 4.78 is 44.3. The molecule has 0 aliphatic rings. The summed E-state index contributed by atoms with van der Waals surface area (Å²) in [5.41, 5.74) is -1.05. The Bertz CT molecular complexity index is 434. The lowest BCUT2D eigenvalue weighted by Crippen LogP contribution is -2.35. The van der Waals surface area contributed by atoms with Crippen LogP contribution < -0.4 is 5.32 Å². The van der Waals surface area contributed by atoms with E-state index in [4.69, 9.17) is 4.74 Å². The van der Waals surface area contributed by atoms with Crippen molar-refractivity contribution in [3.63, 3.8) is 0 Å². The Hall–Kier alpha value is -0.660. The van der Waals surface area contributed by atoms with Crippen molar-refractivity contribution in [3.8, 4) is 0 Å². The van der Waals surface area contributed by atoms with E-state index in [1.54, 1.807) is 0 Å². The first-order chi connectivity index (χ1) is 9.08. The van der Waals surface area contributed by atoms with E-state index in [2.05, 4.69) is 10.3 Å². The second kappa shape index (κ2) is 6.41. The summed E-state index contributed by atoms with van der Waals surface area (Å²) in [6.07, 6.45) is -4.23. The quantitative estimate of drug-likeness (QED) is 0.887. The molecule has 0 aliphatic carbocycles. The summed E-state index contributed by atoms with van der Waals surface area (Å²) in [5, 5.41) is 3.45. The molecule has 1 unspecified atom stereocenters. The molecule has 0 amide bonds. The monoisotopic (exact) mass is 310 g/mol. The Morgan fingerprint density at radius 3 is 2.30 bits per heavy atom. The molecule has 1 N–H and O–H groups in total. The molecule has 1 rings (SSSR count). The molecule has 0 aliphatic heterocycles. The van der Waals surface area contributed by atoms with E-state index in [0.29, 0.717) is 11.4 Å². The van der Waals surface area contributed by atoms with Crippen LogP contribution in [-0.2, 0) is 17.5 Å². The molecule has 1 aromatic rings. The molecule has 1 heterocycles. The highest BCUT2D eigenvalue weighted by molar-refractivity contribution is 7.11. The molecule has 0 saturated heterocycles. The number of methoxy groups -OCH3 is 1. The number of hydrogen-bond donors (Lipinski definition) is 1. The fraction of sp³-hybridized carbons (Fsp3) is 0.769. The minimum atomic E-state index is -4.43. The summed E-state index contributed by atoms with van der Waals surface area (Å²) in [4.78, 5) is 3.96. The highest BCUT2D eigenvalue weighted by Gasteiger charge is 2.38. The standard InChI is InChI=1S/C13H21F3N2OS/c1-6-8(19-5)11-18-10(13(14,15)16)9(20-11)7-17-12(2,3)4/h8,17H,6-7H2,1-5H3. The first-order valence-corrected chi connectivity index (χ1v) is 7.24. The third kappa shape index (κ3) is 4.71. The second-order valence-corrected chi connectivity index (χ2v) is 6.67. The van der Waals surface area contributed by atoms with E-state index in [1.165, 1.54) is 7.11 Å². The molecule has 0 bridgehead atoms. The van der Waals surface area contributed by atoms with Crippen molar-refractivity contribution >= 4 is 11.3 Å². The molecule has 1 atom stereocenters. The van der Waals surface area contributed by atoms with E-state index >= 15 is 0 Å². The SMILES string of the molecule is CCC(OC)c1nc(C(F)(F)F)c(CNC(C)(C)C)s1. The van der Waals surface area contributed by atoms with Gasteiger partial charge in [-0.3, -0.25) is 0 Å². The number of thiazole rings is 1. The van der Waals surface area contributed by atoms with Gasteiger partial charge in [0.2, 0.25) is 0 Å². The molecule has 0 aromatic carbocycles. The van der Waals surface area contributed by atoms with Gasteiger partial charge in [0.15, 0.2) is 5.69 Å². The van der Waals surface area contributed by atoms with E-state index in [9.17, 15) is 13.2 Å². The molecule has 20 heavy (non-hydrogen) atoms. The van der Waals surface area contributed by atoms with Crippen LogP contribution in [0.4, 0.5) is 13.2 Å². The van der Waals surface area contributed by atoms with Gasteiger partial charge in [-0.1, -0.05) is 6.92 Å². The second-order valence-electron chi connectivity index (χ2n) is 5.56. The molecular formula is C13H21F3N2OS. The number of nitrogens with zero attached hydrogens (tertiary/aromatic N) is 1. The Labute approximate surface area is 121 Å². The van der Waals surface area contributed by atoms with E-state index in [-0.39, 0.29) is 23.1 Å². The first-order valence-electron chi connectivity index (χ1n) is 6.43. The summed E-state index contributed by atoms with van der Waals surface area (Å²) in [6.45, 7) is 7.73. The smallest absolute Gasteiger partial charge is 0.374 e. The minimum absolute atomic E-state index is 0.149. The zero-order valence-corrected chi connectivity index (χ0v) is 13.2. The maximum atomic E-state index is 13.0. The molecule has 1 aromatic heterocycles. The topological polar surface area (TPSA) is 34.1 Å². The van der Waals surface area contributed by atoms with Crippen LogP contribution in [0.15, 0.2) is 0 Å². The van der Waals surface area contributed by atoms with Crippen molar-refractivity contribution in [1.29, 1.82) is 0 Å². The molecule has 0 spiro atoms. The molecule has 0 radical (unpaired) electrons. The van der Waals surface area contributed by atoms with Gasteiger partial charge in [-0.15, -0.1) is 11.3 Å². The van der Waals surface area contributed by atoms with E-state index in [1.807, 2.05) is 27.7 Å². The first kappa shape index (κ1) is 17.4. The largest absolute Gasteiger partial charge is 0.434 e. The van der Waals surface area contributed by atoms with Crippen molar-refractivity contribution in [3.05, 3.63) is 15.6 Å². The molecular weight excluding hydrogens is 289 g/mol. The third-order valence-electron chi connectivity index (χ3n) is 2.69. The number of hydrogen-bond acceptors (Lipinski definition) is 4. The van der Waals surface area contributed by atoms with Gasteiger partial charge in [-0.05, 0) is 27.2 Å². The van der Waals surface area contributed by atoms with Crippen molar-refractivity contribution in [2.75, 3.05) is 7.11 Å². The van der Waals surface area contributed by atoms with Gasteiger partial charge in [0.25, 0.3) is 0 Å². The number of alkyl halides is 3. The number of nitrogens with one attached hydrogen (secondary N) is 1. The maximum absolute atomic E-state index is 13.0. The average molecular weight is 310 g/mol. The van der Waals surface area contributed by atoms with Gasteiger partial charge in [-0.2, -0.15) is 13.2 Å². The lowest BCUT2D eigenvalue weighted by molar-refractivity contribution is -0.141. The van der Waals surface area contributed by atoms with E-state index in [0.717, 1.165) is 11.3 Å². The normalized spacial score (nSPS) is 14.6. The number of rotatable bonds is 5. The van der Waals surface area contributed by atoms with Crippen LogP contribution in [0.5, 0.6) is 0 Å². The number of ether oxygens (including phenoxy) is 1.